The molecule has 0 saturated heterocycles. The number of carbonyl (C=O) groups excluding carboxylic acids is 1. The Morgan fingerprint density at radius 1 is 1.44 bits per heavy atom. The van der Waals surface area contributed by atoms with E-state index in [0.717, 1.165) is 30.7 Å². The van der Waals surface area contributed by atoms with Gasteiger partial charge in [0.25, 0.3) is 5.91 Å². The molecule has 1 aromatic heterocycles. The van der Waals surface area contributed by atoms with Crippen molar-refractivity contribution in [1.82, 2.24) is 5.32 Å². The van der Waals surface area contributed by atoms with Crippen molar-refractivity contribution in [2.45, 2.75) is 38.5 Å². The van der Waals surface area contributed by atoms with Gasteiger partial charge in [-0.15, -0.1) is 22.9 Å². The molecule has 1 amide bonds. The number of fused-ring (bicyclic) bond motifs is 1. The maximum Gasteiger partial charge on any atom is 0.261 e. The third-order valence-electron chi connectivity index (χ3n) is 4.18. The van der Waals surface area contributed by atoms with Gasteiger partial charge in [0.05, 0.1) is 4.88 Å². The highest BCUT2D eigenvalue weighted by Crippen LogP contribution is 2.48. The smallest absolute Gasteiger partial charge is 0.261 e. The van der Waals surface area contributed by atoms with Crippen LogP contribution in [0.1, 0.15) is 45.8 Å². The molecule has 18 heavy (non-hydrogen) atoms. The van der Waals surface area contributed by atoms with E-state index in [9.17, 15) is 4.79 Å². The Morgan fingerprint density at radius 2 is 2.28 bits per heavy atom. The predicted octanol–water partition coefficient (Wildman–Crippen LogP) is 3.38. The Bertz CT molecular complexity index is 443. The molecule has 0 spiro atoms. The maximum atomic E-state index is 12.1. The molecular formula is C14H18ClNOS. The van der Waals surface area contributed by atoms with Crippen molar-refractivity contribution in [2.75, 3.05) is 12.4 Å². The van der Waals surface area contributed by atoms with E-state index in [4.69, 9.17) is 11.6 Å². The lowest BCUT2D eigenvalue weighted by Crippen LogP contribution is -2.29. The lowest BCUT2D eigenvalue weighted by molar-refractivity contribution is 0.0948. The summed E-state index contributed by atoms with van der Waals surface area (Å²) in [5.74, 6) is 0.804. The Balaban J connectivity index is 1.58. The molecule has 1 heterocycles. The summed E-state index contributed by atoms with van der Waals surface area (Å²) in [4.78, 5) is 14.4. The van der Waals surface area contributed by atoms with Gasteiger partial charge in [0.15, 0.2) is 0 Å². The first-order valence-corrected chi connectivity index (χ1v) is 8.03. The van der Waals surface area contributed by atoms with Gasteiger partial charge < -0.3 is 5.32 Å². The summed E-state index contributed by atoms with van der Waals surface area (Å²) in [5.41, 5.74) is 1.71. The van der Waals surface area contributed by atoms with Crippen LogP contribution in [0.2, 0.25) is 0 Å². The number of aryl methyl sites for hydroxylation is 2. The van der Waals surface area contributed by atoms with Crippen molar-refractivity contribution in [3.05, 3.63) is 21.4 Å². The number of halogens is 1. The molecule has 0 unspecified atom stereocenters. The summed E-state index contributed by atoms with van der Waals surface area (Å²) in [6, 6.07) is 2.09. The summed E-state index contributed by atoms with van der Waals surface area (Å²) >= 11 is 7.47. The first-order chi connectivity index (χ1) is 8.72. The molecule has 0 aromatic carbocycles. The minimum Gasteiger partial charge on any atom is -0.351 e. The predicted molar refractivity (Wildman–Crippen MR) is 75.7 cm³/mol. The molecule has 1 fully saturated rings. The van der Waals surface area contributed by atoms with E-state index >= 15 is 0 Å². The summed E-state index contributed by atoms with van der Waals surface area (Å²) in [6.07, 6.45) is 7.00. The van der Waals surface area contributed by atoms with Crippen molar-refractivity contribution in [3.63, 3.8) is 0 Å². The highest BCUT2D eigenvalue weighted by Gasteiger charge is 2.41. The molecule has 4 heteroatoms. The minimum absolute atomic E-state index is 0.107. The highest BCUT2D eigenvalue weighted by molar-refractivity contribution is 7.14. The van der Waals surface area contributed by atoms with E-state index < -0.39 is 0 Å². The molecule has 0 bridgehead atoms. The van der Waals surface area contributed by atoms with Gasteiger partial charge in [-0.05, 0) is 55.6 Å². The molecule has 1 aromatic rings. The van der Waals surface area contributed by atoms with Crippen LogP contribution in [0, 0.1) is 5.41 Å². The minimum atomic E-state index is 0.107. The third-order valence-corrected chi connectivity index (χ3v) is 5.60. The van der Waals surface area contributed by atoms with Crippen LogP contribution >= 0.6 is 22.9 Å². The molecule has 0 radical (unpaired) electrons. The van der Waals surface area contributed by atoms with Gasteiger partial charge in [-0.25, -0.2) is 0 Å². The van der Waals surface area contributed by atoms with E-state index in [1.165, 1.54) is 29.7 Å². The van der Waals surface area contributed by atoms with E-state index in [0.29, 0.717) is 11.3 Å². The standard InChI is InChI=1S/C14H18ClNOS/c15-7-6-14(4-5-14)9-16-13(17)12-8-10-2-1-3-11(10)18-12/h8H,1-7,9H2,(H,16,17). The summed E-state index contributed by atoms with van der Waals surface area (Å²) < 4.78 is 0. The van der Waals surface area contributed by atoms with Crippen LogP contribution in [0.15, 0.2) is 6.07 Å². The fourth-order valence-corrected chi connectivity index (χ4v) is 4.26. The second-order valence-corrected chi connectivity index (χ2v) is 7.05. The topological polar surface area (TPSA) is 29.1 Å². The van der Waals surface area contributed by atoms with Crippen LogP contribution < -0.4 is 5.32 Å². The number of hydrogen-bond acceptors (Lipinski definition) is 2. The molecule has 2 aliphatic carbocycles. The molecular weight excluding hydrogens is 266 g/mol. The molecule has 3 rings (SSSR count). The first-order valence-electron chi connectivity index (χ1n) is 6.68. The van der Waals surface area contributed by atoms with Gasteiger partial charge in [-0.3, -0.25) is 4.79 Å². The first kappa shape index (κ1) is 12.5. The number of alkyl halides is 1. The van der Waals surface area contributed by atoms with Gasteiger partial charge in [0.2, 0.25) is 0 Å². The monoisotopic (exact) mass is 283 g/mol. The largest absolute Gasteiger partial charge is 0.351 e. The van der Waals surface area contributed by atoms with Crippen LogP contribution in [0.5, 0.6) is 0 Å². The zero-order valence-corrected chi connectivity index (χ0v) is 12.0. The fraction of sp³-hybridized carbons (Fsp3) is 0.643. The van der Waals surface area contributed by atoms with Gasteiger partial charge in [0, 0.05) is 17.3 Å². The fourth-order valence-electron chi connectivity index (χ4n) is 2.69. The molecule has 0 atom stereocenters. The van der Waals surface area contributed by atoms with Crippen molar-refractivity contribution in [3.8, 4) is 0 Å². The van der Waals surface area contributed by atoms with Crippen LogP contribution in [0.25, 0.3) is 0 Å². The lowest BCUT2D eigenvalue weighted by Gasteiger charge is -2.13. The van der Waals surface area contributed by atoms with Gasteiger partial charge in [0.1, 0.15) is 0 Å². The molecule has 2 nitrogen and oxygen atoms in total. The Kier molecular flexibility index (Phi) is 3.37. The SMILES string of the molecule is O=C(NCC1(CCCl)CC1)c1cc2c(s1)CCC2. The molecule has 98 valence electrons. The Hall–Kier alpha value is -0.540. The van der Waals surface area contributed by atoms with Crippen molar-refractivity contribution in [2.24, 2.45) is 5.41 Å². The summed E-state index contributed by atoms with van der Waals surface area (Å²) in [5, 5.41) is 3.09. The van der Waals surface area contributed by atoms with Crippen LogP contribution in [-0.2, 0) is 12.8 Å². The number of amides is 1. The zero-order chi connectivity index (χ0) is 12.6. The number of rotatable bonds is 5. The molecule has 1 saturated carbocycles. The van der Waals surface area contributed by atoms with E-state index in [1.54, 1.807) is 11.3 Å². The van der Waals surface area contributed by atoms with Gasteiger partial charge >= 0.3 is 0 Å². The second-order valence-electron chi connectivity index (χ2n) is 5.53. The van der Waals surface area contributed by atoms with E-state index in [1.807, 2.05) is 0 Å². The number of nitrogens with one attached hydrogen (secondary N) is 1. The second kappa shape index (κ2) is 4.86. The van der Waals surface area contributed by atoms with Gasteiger partial charge in [-0.2, -0.15) is 0 Å². The Morgan fingerprint density at radius 3 is 2.94 bits per heavy atom. The average molecular weight is 284 g/mol. The lowest BCUT2D eigenvalue weighted by atomic mass is 10.0. The van der Waals surface area contributed by atoms with Gasteiger partial charge in [-0.1, -0.05) is 0 Å². The van der Waals surface area contributed by atoms with Crippen molar-refractivity contribution in [1.29, 1.82) is 0 Å². The highest BCUT2D eigenvalue weighted by atomic mass is 35.5. The van der Waals surface area contributed by atoms with E-state index in [-0.39, 0.29) is 5.91 Å². The number of thiophene rings is 1. The van der Waals surface area contributed by atoms with Crippen molar-refractivity contribution < 1.29 is 4.79 Å². The van der Waals surface area contributed by atoms with Crippen LogP contribution in [-0.4, -0.2) is 18.3 Å². The third kappa shape index (κ3) is 2.43. The molecule has 2 aliphatic rings. The normalized spacial score (nSPS) is 19.6. The quantitative estimate of drug-likeness (QED) is 0.825. The van der Waals surface area contributed by atoms with E-state index in [2.05, 4.69) is 11.4 Å². The molecule has 1 N–H and O–H groups in total. The van der Waals surface area contributed by atoms with Crippen molar-refractivity contribution >= 4 is 28.8 Å². The summed E-state index contributed by atoms with van der Waals surface area (Å²) in [7, 11) is 0. The van der Waals surface area contributed by atoms with Crippen LogP contribution in [0.4, 0.5) is 0 Å². The molecule has 0 aliphatic heterocycles. The number of carbonyl (C=O) groups is 1. The van der Waals surface area contributed by atoms with Crippen LogP contribution in [0.3, 0.4) is 0 Å². The zero-order valence-electron chi connectivity index (χ0n) is 10.4. The Labute approximate surface area is 117 Å². The average Bonchev–Trinajstić information content (AvgIpc) is 2.80. The summed E-state index contributed by atoms with van der Waals surface area (Å²) in [6.45, 7) is 0.793. The maximum absolute atomic E-state index is 12.1. The number of hydrogen-bond donors (Lipinski definition) is 1.